The Bertz CT molecular complexity index is 476. The summed E-state index contributed by atoms with van der Waals surface area (Å²) in [6.45, 7) is 7.69. The summed E-state index contributed by atoms with van der Waals surface area (Å²) in [5.41, 5.74) is 0.308. The average Bonchev–Trinajstić information content (AvgIpc) is 3.08. The third-order valence-corrected chi connectivity index (χ3v) is 4.93. The van der Waals surface area contributed by atoms with Gasteiger partial charge in [0.1, 0.15) is 6.04 Å². The molecule has 122 valence electrons. The molecule has 0 spiro atoms. The highest BCUT2D eigenvalue weighted by molar-refractivity contribution is 5.80. The first-order valence-electron chi connectivity index (χ1n) is 8.43. The summed E-state index contributed by atoms with van der Waals surface area (Å²) in [5, 5.41) is 3.20. The highest BCUT2D eigenvalue weighted by Gasteiger charge is 2.44. The lowest BCUT2D eigenvalue weighted by Crippen LogP contribution is -2.44. The van der Waals surface area contributed by atoms with Crippen LogP contribution in [-0.2, 0) is 9.53 Å². The fourth-order valence-electron chi connectivity index (χ4n) is 3.28. The van der Waals surface area contributed by atoms with Crippen LogP contribution in [0.4, 0.5) is 0 Å². The predicted molar refractivity (Wildman–Crippen MR) is 85.7 cm³/mol. The largest absolute Gasteiger partial charge is 0.379 e. The number of carbonyl (C=O) groups is 1. The second-order valence-electron chi connectivity index (χ2n) is 6.66. The van der Waals surface area contributed by atoms with Crippen molar-refractivity contribution in [1.29, 1.82) is 0 Å². The Morgan fingerprint density at radius 2 is 1.95 bits per heavy atom. The first-order valence-corrected chi connectivity index (χ1v) is 8.43. The number of ether oxygens (including phenoxy) is 1. The van der Waals surface area contributed by atoms with E-state index in [9.17, 15) is 4.79 Å². The van der Waals surface area contributed by atoms with Crippen LogP contribution in [0.1, 0.15) is 32.2 Å². The van der Waals surface area contributed by atoms with E-state index in [4.69, 9.17) is 4.74 Å². The van der Waals surface area contributed by atoms with Crippen molar-refractivity contribution < 1.29 is 9.53 Å². The lowest BCUT2D eigenvalue weighted by atomic mass is 10.1. The molecule has 1 aliphatic heterocycles. The van der Waals surface area contributed by atoms with Crippen LogP contribution in [0.3, 0.4) is 0 Å². The predicted octanol–water partition coefficient (Wildman–Crippen LogP) is 1.67. The molecule has 0 bridgehead atoms. The standard InChI is InChI=1S/C17H27N3O2/c1-2-15(20-7-3-4-8-20)16(21)18-13-17(5-6-17)14-19-9-11-22-12-10-19/h3-4,7-8,15H,2,5-6,9-14H2,1H3,(H,18,21)/t15-/m1/s1. The van der Waals surface area contributed by atoms with Gasteiger partial charge in [0.15, 0.2) is 0 Å². The molecule has 0 aromatic carbocycles. The number of hydrogen-bond donors (Lipinski definition) is 1. The van der Waals surface area contributed by atoms with Gasteiger partial charge in [0.25, 0.3) is 0 Å². The van der Waals surface area contributed by atoms with Crippen LogP contribution in [0, 0.1) is 5.41 Å². The van der Waals surface area contributed by atoms with Gasteiger partial charge in [0, 0.05) is 44.0 Å². The molecular weight excluding hydrogens is 278 g/mol. The Kier molecular flexibility index (Phi) is 4.84. The Morgan fingerprint density at radius 1 is 1.27 bits per heavy atom. The van der Waals surface area contributed by atoms with Crippen molar-refractivity contribution in [3.8, 4) is 0 Å². The van der Waals surface area contributed by atoms with Crippen molar-refractivity contribution >= 4 is 5.91 Å². The lowest BCUT2D eigenvalue weighted by molar-refractivity contribution is -0.124. The second kappa shape index (κ2) is 6.84. The second-order valence-corrected chi connectivity index (χ2v) is 6.66. The molecule has 1 saturated carbocycles. The van der Waals surface area contributed by atoms with E-state index in [1.807, 2.05) is 29.1 Å². The molecule has 1 aromatic heterocycles. The van der Waals surface area contributed by atoms with Crippen molar-refractivity contribution in [3.63, 3.8) is 0 Å². The number of aromatic nitrogens is 1. The van der Waals surface area contributed by atoms with E-state index in [1.165, 1.54) is 12.8 Å². The molecule has 1 amide bonds. The number of nitrogens with zero attached hydrogens (tertiary/aromatic N) is 2. The van der Waals surface area contributed by atoms with E-state index < -0.39 is 0 Å². The van der Waals surface area contributed by atoms with Crippen LogP contribution in [0.15, 0.2) is 24.5 Å². The van der Waals surface area contributed by atoms with Gasteiger partial charge in [-0.05, 0) is 31.4 Å². The van der Waals surface area contributed by atoms with Gasteiger partial charge < -0.3 is 14.6 Å². The first-order chi connectivity index (χ1) is 10.7. The molecule has 3 rings (SSSR count). The Morgan fingerprint density at radius 3 is 2.55 bits per heavy atom. The summed E-state index contributed by atoms with van der Waals surface area (Å²) in [4.78, 5) is 15.0. The minimum atomic E-state index is -0.0887. The van der Waals surface area contributed by atoms with Crippen LogP contribution < -0.4 is 5.32 Å². The molecule has 1 N–H and O–H groups in total. The first kappa shape index (κ1) is 15.6. The van der Waals surface area contributed by atoms with E-state index in [1.54, 1.807) is 0 Å². The summed E-state index contributed by atoms with van der Waals surface area (Å²) in [6, 6.07) is 3.85. The summed E-state index contributed by atoms with van der Waals surface area (Å²) in [5.74, 6) is 0.145. The van der Waals surface area contributed by atoms with E-state index in [0.717, 1.165) is 45.8 Å². The zero-order valence-corrected chi connectivity index (χ0v) is 13.5. The molecule has 2 heterocycles. The van der Waals surface area contributed by atoms with Gasteiger partial charge in [-0.1, -0.05) is 6.92 Å². The highest BCUT2D eigenvalue weighted by Crippen LogP contribution is 2.45. The van der Waals surface area contributed by atoms with Crippen LogP contribution in [0.25, 0.3) is 0 Å². The summed E-state index contributed by atoms with van der Waals surface area (Å²) in [6.07, 6.45) is 7.20. The molecule has 2 fully saturated rings. The number of rotatable bonds is 7. The Hall–Kier alpha value is -1.33. The number of amides is 1. The topological polar surface area (TPSA) is 46.5 Å². The van der Waals surface area contributed by atoms with Gasteiger partial charge >= 0.3 is 0 Å². The van der Waals surface area contributed by atoms with Crippen molar-refractivity contribution in [2.24, 2.45) is 5.41 Å². The zero-order valence-electron chi connectivity index (χ0n) is 13.5. The molecule has 22 heavy (non-hydrogen) atoms. The SMILES string of the molecule is CC[C@H](C(=O)NCC1(CN2CCOCC2)CC1)n1cccc1. The molecule has 1 aliphatic carbocycles. The fourth-order valence-corrected chi connectivity index (χ4v) is 3.28. The Labute approximate surface area is 132 Å². The van der Waals surface area contributed by atoms with E-state index in [-0.39, 0.29) is 11.9 Å². The van der Waals surface area contributed by atoms with Gasteiger partial charge in [0.05, 0.1) is 13.2 Å². The third kappa shape index (κ3) is 3.70. The third-order valence-electron chi connectivity index (χ3n) is 4.93. The number of nitrogens with one attached hydrogen (secondary N) is 1. The summed E-state index contributed by atoms with van der Waals surface area (Å²) in [7, 11) is 0. The maximum atomic E-state index is 12.5. The number of hydrogen-bond acceptors (Lipinski definition) is 3. The molecule has 5 heteroatoms. The van der Waals surface area contributed by atoms with Crippen LogP contribution in [0.5, 0.6) is 0 Å². The van der Waals surface area contributed by atoms with Crippen molar-refractivity contribution in [2.45, 2.75) is 32.2 Å². The van der Waals surface area contributed by atoms with E-state index in [2.05, 4.69) is 17.1 Å². The number of carbonyl (C=O) groups excluding carboxylic acids is 1. The average molecular weight is 305 g/mol. The summed E-state index contributed by atoms with van der Waals surface area (Å²) < 4.78 is 7.40. The van der Waals surface area contributed by atoms with Gasteiger partial charge in [-0.3, -0.25) is 9.69 Å². The van der Waals surface area contributed by atoms with Gasteiger partial charge in [-0.2, -0.15) is 0 Å². The Balaban J connectivity index is 1.49. The molecule has 0 unspecified atom stereocenters. The lowest BCUT2D eigenvalue weighted by Gasteiger charge is -2.31. The monoisotopic (exact) mass is 305 g/mol. The van der Waals surface area contributed by atoms with Gasteiger partial charge in [0.2, 0.25) is 5.91 Å². The van der Waals surface area contributed by atoms with Gasteiger partial charge in [-0.15, -0.1) is 0 Å². The van der Waals surface area contributed by atoms with Gasteiger partial charge in [-0.25, -0.2) is 0 Å². The minimum Gasteiger partial charge on any atom is -0.379 e. The number of morpholine rings is 1. The molecule has 1 atom stereocenters. The van der Waals surface area contributed by atoms with E-state index >= 15 is 0 Å². The van der Waals surface area contributed by atoms with Crippen LogP contribution >= 0.6 is 0 Å². The summed E-state index contributed by atoms with van der Waals surface area (Å²) >= 11 is 0. The van der Waals surface area contributed by atoms with Crippen molar-refractivity contribution in [3.05, 3.63) is 24.5 Å². The molecule has 5 nitrogen and oxygen atoms in total. The van der Waals surface area contributed by atoms with Crippen molar-refractivity contribution in [2.75, 3.05) is 39.4 Å². The fraction of sp³-hybridized carbons (Fsp3) is 0.706. The van der Waals surface area contributed by atoms with E-state index in [0.29, 0.717) is 5.41 Å². The molecule has 1 aromatic rings. The smallest absolute Gasteiger partial charge is 0.243 e. The molecular formula is C17H27N3O2. The minimum absolute atomic E-state index is 0.0887. The molecule has 1 saturated heterocycles. The maximum Gasteiger partial charge on any atom is 0.243 e. The maximum absolute atomic E-state index is 12.5. The van der Waals surface area contributed by atoms with Crippen LogP contribution in [0.2, 0.25) is 0 Å². The van der Waals surface area contributed by atoms with Crippen LogP contribution in [-0.4, -0.2) is 54.8 Å². The molecule has 2 aliphatic rings. The normalized spacial score (nSPS) is 22.2. The zero-order chi connectivity index (χ0) is 15.4. The van der Waals surface area contributed by atoms with Crippen molar-refractivity contribution in [1.82, 2.24) is 14.8 Å². The highest BCUT2D eigenvalue weighted by atomic mass is 16.5. The quantitative estimate of drug-likeness (QED) is 0.833. The molecule has 0 radical (unpaired) electrons.